The number of carbonyl (C=O) groups is 1. The topological polar surface area (TPSA) is 57.7 Å². The van der Waals surface area contributed by atoms with Crippen molar-refractivity contribution in [1.82, 2.24) is 9.21 Å². The Morgan fingerprint density at radius 2 is 1.82 bits per heavy atom. The summed E-state index contributed by atoms with van der Waals surface area (Å²) < 4.78 is 27.4. The van der Waals surface area contributed by atoms with E-state index in [0.29, 0.717) is 43.9 Å². The average molecular weight is 441 g/mol. The van der Waals surface area contributed by atoms with Gasteiger partial charge in [-0.1, -0.05) is 23.7 Å². The Morgan fingerprint density at radius 3 is 2.39 bits per heavy atom. The zero-order valence-corrected chi connectivity index (χ0v) is 18.3. The summed E-state index contributed by atoms with van der Waals surface area (Å²) in [6.45, 7) is 4.37. The molecule has 0 spiro atoms. The van der Waals surface area contributed by atoms with Crippen molar-refractivity contribution in [2.45, 2.75) is 44.0 Å². The first kappa shape index (κ1) is 21.3. The van der Waals surface area contributed by atoms with Crippen molar-refractivity contribution < 1.29 is 13.2 Å². The fraction of sp³-hybridized carbons (Fsp3) is 0.450. The smallest absolute Gasteiger partial charge is 0.243 e. The van der Waals surface area contributed by atoms with Gasteiger partial charge < -0.3 is 4.90 Å². The highest BCUT2D eigenvalue weighted by atomic mass is 35.5. The molecule has 0 bridgehead atoms. The van der Waals surface area contributed by atoms with Crippen LogP contribution in [0.25, 0.3) is 0 Å². The number of halogens is 1. The fourth-order valence-corrected chi connectivity index (χ4v) is 5.94. The van der Waals surface area contributed by atoms with Gasteiger partial charge in [0.2, 0.25) is 15.9 Å². The normalized spacial score (nSPS) is 15.1. The number of hydrogen-bond acceptors (Lipinski definition) is 4. The summed E-state index contributed by atoms with van der Waals surface area (Å²) >= 11 is 7.45. The molecule has 1 aromatic carbocycles. The van der Waals surface area contributed by atoms with E-state index in [1.165, 1.54) is 11.3 Å². The number of aryl methyl sites for hydroxylation is 1. The molecule has 3 rings (SSSR count). The summed E-state index contributed by atoms with van der Waals surface area (Å²) in [5.74, 6) is 0.0841. The van der Waals surface area contributed by atoms with Crippen LogP contribution in [-0.4, -0.2) is 43.2 Å². The molecule has 0 N–H and O–H groups in total. The molecule has 2 heterocycles. The van der Waals surface area contributed by atoms with Gasteiger partial charge in [-0.25, -0.2) is 8.42 Å². The van der Waals surface area contributed by atoms with E-state index in [9.17, 15) is 13.2 Å². The van der Waals surface area contributed by atoms with Gasteiger partial charge in [-0.2, -0.15) is 4.31 Å². The van der Waals surface area contributed by atoms with Gasteiger partial charge in [0.1, 0.15) is 0 Å². The first-order valence-corrected chi connectivity index (χ1v) is 12.1. The lowest BCUT2D eigenvalue weighted by molar-refractivity contribution is -0.131. The van der Waals surface area contributed by atoms with Gasteiger partial charge in [-0.15, -0.1) is 11.3 Å². The molecule has 1 aliphatic heterocycles. The van der Waals surface area contributed by atoms with Crippen molar-refractivity contribution in [2.75, 3.05) is 19.6 Å². The molecule has 152 valence electrons. The number of hydrogen-bond donors (Lipinski definition) is 0. The van der Waals surface area contributed by atoms with Crippen LogP contribution in [-0.2, 0) is 27.8 Å². The highest BCUT2D eigenvalue weighted by Crippen LogP contribution is 2.24. The molecule has 1 fully saturated rings. The first-order chi connectivity index (χ1) is 13.4. The average Bonchev–Trinajstić information content (AvgIpc) is 3.36. The van der Waals surface area contributed by atoms with Crippen molar-refractivity contribution in [3.63, 3.8) is 0 Å². The van der Waals surface area contributed by atoms with E-state index < -0.39 is 10.0 Å². The number of rotatable bonds is 8. The van der Waals surface area contributed by atoms with E-state index in [4.69, 9.17) is 11.6 Å². The van der Waals surface area contributed by atoms with E-state index in [2.05, 4.69) is 0 Å². The molecule has 28 heavy (non-hydrogen) atoms. The Morgan fingerprint density at radius 1 is 1.14 bits per heavy atom. The van der Waals surface area contributed by atoms with E-state index in [1.807, 2.05) is 36.1 Å². The SMILES string of the molecule is CCN(Cc1ccc(Cl)s1)C(=O)CCc1ccc(S(=O)(=O)N2CCCC2)cc1. The molecule has 8 heteroatoms. The molecule has 1 saturated heterocycles. The lowest BCUT2D eigenvalue weighted by Gasteiger charge is -2.20. The second kappa shape index (κ2) is 9.39. The number of nitrogens with zero attached hydrogens (tertiary/aromatic N) is 2. The summed E-state index contributed by atoms with van der Waals surface area (Å²) in [5, 5.41) is 0. The van der Waals surface area contributed by atoms with E-state index >= 15 is 0 Å². The molecule has 1 aliphatic rings. The van der Waals surface area contributed by atoms with Gasteiger partial charge in [-0.05, 0) is 56.0 Å². The number of benzene rings is 1. The molecular formula is C20H25ClN2O3S2. The minimum atomic E-state index is -3.39. The highest BCUT2D eigenvalue weighted by Gasteiger charge is 2.26. The number of thiophene rings is 1. The van der Waals surface area contributed by atoms with Crippen molar-refractivity contribution in [3.05, 3.63) is 51.2 Å². The maximum atomic E-state index is 12.6. The quantitative estimate of drug-likeness (QED) is 0.619. The van der Waals surface area contributed by atoms with Crippen LogP contribution in [0.1, 0.15) is 36.6 Å². The molecule has 1 amide bonds. The first-order valence-electron chi connectivity index (χ1n) is 9.51. The van der Waals surface area contributed by atoms with E-state index in [-0.39, 0.29) is 5.91 Å². The zero-order valence-electron chi connectivity index (χ0n) is 15.9. The Labute approximate surface area is 176 Å². The van der Waals surface area contributed by atoms with Crippen molar-refractivity contribution in [3.8, 4) is 0 Å². The molecule has 0 unspecified atom stereocenters. The summed E-state index contributed by atoms with van der Waals surface area (Å²) in [7, 11) is -3.39. The van der Waals surface area contributed by atoms with Crippen molar-refractivity contribution in [2.24, 2.45) is 0 Å². The maximum absolute atomic E-state index is 12.6. The zero-order chi connectivity index (χ0) is 20.1. The van der Waals surface area contributed by atoms with Gasteiger partial charge in [0.25, 0.3) is 0 Å². The molecule has 0 atom stereocenters. The monoisotopic (exact) mass is 440 g/mol. The van der Waals surface area contributed by atoms with Crippen LogP contribution in [0.15, 0.2) is 41.3 Å². The van der Waals surface area contributed by atoms with Gasteiger partial charge >= 0.3 is 0 Å². The van der Waals surface area contributed by atoms with Crippen molar-refractivity contribution in [1.29, 1.82) is 0 Å². The second-order valence-corrected chi connectivity index (χ2v) is 10.6. The van der Waals surface area contributed by atoms with Crippen LogP contribution in [0.3, 0.4) is 0 Å². The van der Waals surface area contributed by atoms with Crippen molar-refractivity contribution >= 4 is 38.9 Å². The van der Waals surface area contributed by atoms with Crippen LogP contribution in [0.5, 0.6) is 0 Å². The minimum Gasteiger partial charge on any atom is -0.338 e. The Bertz CT molecular complexity index is 904. The van der Waals surface area contributed by atoms with Gasteiger partial charge in [0.05, 0.1) is 15.8 Å². The molecule has 0 aliphatic carbocycles. The summed E-state index contributed by atoms with van der Waals surface area (Å²) in [6, 6.07) is 10.7. The lowest BCUT2D eigenvalue weighted by Crippen LogP contribution is -2.30. The Balaban J connectivity index is 1.57. The van der Waals surface area contributed by atoms with Crippen LogP contribution >= 0.6 is 22.9 Å². The van der Waals surface area contributed by atoms with Crippen LogP contribution in [0, 0.1) is 0 Å². The van der Waals surface area contributed by atoms with Crippen LogP contribution in [0.2, 0.25) is 4.34 Å². The molecule has 0 radical (unpaired) electrons. The number of sulfonamides is 1. The van der Waals surface area contributed by atoms with Crippen LogP contribution < -0.4 is 0 Å². The molecule has 1 aromatic heterocycles. The maximum Gasteiger partial charge on any atom is 0.243 e. The van der Waals surface area contributed by atoms with Crippen LogP contribution in [0.4, 0.5) is 0 Å². The Kier molecular flexibility index (Phi) is 7.15. The largest absolute Gasteiger partial charge is 0.338 e. The lowest BCUT2D eigenvalue weighted by atomic mass is 10.1. The van der Waals surface area contributed by atoms with E-state index in [0.717, 1.165) is 27.6 Å². The fourth-order valence-electron chi connectivity index (χ4n) is 3.32. The van der Waals surface area contributed by atoms with Gasteiger partial charge in [0, 0.05) is 30.9 Å². The third-order valence-electron chi connectivity index (χ3n) is 4.96. The highest BCUT2D eigenvalue weighted by molar-refractivity contribution is 7.89. The summed E-state index contributed by atoms with van der Waals surface area (Å²) in [6.07, 6.45) is 2.83. The molecule has 5 nitrogen and oxygen atoms in total. The summed E-state index contributed by atoms with van der Waals surface area (Å²) in [4.78, 5) is 15.8. The summed E-state index contributed by atoms with van der Waals surface area (Å²) in [5.41, 5.74) is 0.962. The minimum absolute atomic E-state index is 0.0841. The molecule has 0 saturated carbocycles. The van der Waals surface area contributed by atoms with Gasteiger partial charge in [-0.3, -0.25) is 4.79 Å². The third-order valence-corrected chi connectivity index (χ3v) is 8.09. The molecular weight excluding hydrogens is 416 g/mol. The second-order valence-electron chi connectivity index (χ2n) is 6.87. The third kappa shape index (κ3) is 5.14. The molecule has 2 aromatic rings. The Hall–Kier alpha value is -1.41. The predicted molar refractivity (Wildman–Crippen MR) is 113 cm³/mol. The van der Waals surface area contributed by atoms with Gasteiger partial charge in [0.15, 0.2) is 0 Å². The predicted octanol–water partition coefficient (Wildman–Crippen LogP) is 4.17. The standard InChI is InChI=1S/C20H25ClN2O3S2/c1-2-22(15-17-8-11-19(21)27-17)20(24)12-7-16-5-9-18(10-6-16)28(25,26)23-13-3-4-14-23/h5-6,8-11H,2-4,7,12-15H2,1H3. The van der Waals surface area contributed by atoms with E-state index in [1.54, 1.807) is 16.4 Å². The number of carbonyl (C=O) groups excluding carboxylic acids is 1. The number of amides is 1.